The first kappa shape index (κ1) is 20.3. The lowest BCUT2D eigenvalue weighted by Gasteiger charge is -2.20. The zero-order valence-corrected chi connectivity index (χ0v) is 15.6. The van der Waals surface area contributed by atoms with E-state index in [0.717, 1.165) is 17.7 Å². The summed E-state index contributed by atoms with van der Waals surface area (Å²) in [5, 5.41) is 19.6. The molecule has 0 aromatic heterocycles. The number of benzene rings is 2. The topological polar surface area (TPSA) is 86.8 Å². The molecule has 2 unspecified atom stereocenters. The minimum absolute atomic E-state index is 0.0642. The van der Waals surface area contributed by atoms with Crippen LogP contribution in [0.5, 0.6) is 5.75 Å². The Kier molecular flexibility index (Phi) is 5.29. The molecule has 0 radical (unpaired) electrons. The van der Waals surface area contributed by atoms with E-state index in [0.29, 0.717) is 5.75 Å². The Bertz CT molecular complexity index is 996. The number of ether oxygens (including phenoxy) is 1. The molecular formula is C20H17F3N4O2. The van der Waals surface area contributed by atoms with E-state index < -0.39 is 28.7 Å². The second-order valence-electron chi connectivity index (χ2n) is 6.81. The molecule has 6 nitrogen and oxygen atoms in total. The molecule has 0 aliphatic carbocycles. The van der Waals surface area contributed by atoms with Gasteiger partial charge in [0.25, 0.3) is 5.91 Å². The number of carbonyl (C=O) groups excluding carboxylic acids is 1. The first-order valence-corrected chi connectivity index (χ1v) is 8.65. The van der Waals surface area contributed by atoms with Crippen LogP contribution in [0.2, 0.25) is 0 Å². The monoisotopic (exact) mass is 402 g/mol. The van der Waals surface area contributed by atoms with Gasteiger partial charge in [-0.05, 0) is 42.8 Å². The van der Waals surface area contributed by atoms with Gasteiger partial charge in [-0.3, -0.25) is 4.79 Å². The Labute approximate surface area is 165 Å². The second-order valence-corrected chi connectivity index (χ2v) is 6.81. The maximum Gasteiger partial charge on any atom is 0.417 e. The molecule has 2 aromatic rings. The number of halogens is 3. The van der Waals surface area contributed by atoms with Crippen molar-refractivity contribution in [3.05, 3.63) is 59.2 Å². The van der Waals surface area contributed by atoms with Crippen molar-refractivity contribution in [3.8, 4) is 11.8 Å². The van der Waals surface area contributed by atoms with E-state index in [9.17, 15) is 18.0 Å². The normalized spacial score (nSPS) is 20.9. The van der Waals surface area contributed by atoms with E-state index >= 15 is 0 Å². The number of rotatable bonds is 4. The Morgan fingerprint density at radius 2 is 1.97 bits per heavy atom. The lowest BCUT2D eigenvalue weighted by molar-refractivity contribution is -0.137. The van der Waals surface area contributed by atoms with Crippen molar-refractivity contribution in [1.29, 1.82) is 5.26 Å². The Hall–Kier alpha value is -3.41. The number of anilines is 1. The molecule has 2 atom stereocenters. The highest BCUT2D eigenvalue weighted by Gasteiger charge is 2.41. The zero-order chi connectivity index (χ0) is 21.2. The second kappa shape index (κ2) is 7.54. The number of amides is 1. The molecule has 0 saturated heterocycles. The van der Waals surface area contributed by atoms with Crippen molar-refractivity contribution in [2.45, 2.75) is 31.1 Å². The largest absolute Gasteiger partial charge is 0.497 e. The number of nitriles is 1. The molecule has 29 heavy (non-hydrogen) atoms. The van der Waals surface area contributed by atoms with Gasteiger partial charge < -0.3 is 10.1 Å². The fourth-order valence-corrected chi connectivity index (χ4v) is 3.02. The molecule has 1 amide bonds. The van der Waals surface area contributed by atoms with E-state index in [4.69, 9.17) is 10.00 Å². The van der Waals surface area contributed by atoms with Crippen LogP contribution >= 0.6 is 0 Å². The number of nitrogens with zero attached hydrogens (tertiary/aromatic N) is 3. The third kappa shape index (κ3) is 4.21. The average Bonchev–Trinajstić information content (AvgIpc) is 3.11. The molecule has 3 rings (SSSR count). The van der Waals surface area contributed by atoms with E-state index in [1.807, 2.05) is 12.1 Å². The summed E-state index contributed by atoms with van der Waals surface area (Å²) in [7, 11) is 1.55. The van der Waals surface area contributed by atoms with Crippen molar-refractivity contribution >= 4 is 11.6 Å². The third-order valence-corrected chi connectivity index (χ3v) is 4.70. The summed E-state index contributed by atoms with van der Waals surface area (Å²) in [4.78, 5) is 12.7. The van der Waals surface area contributed by atoms with Crippen LogP contribution < -0.4 is 10.1 Å². The minimum atomic E-state index is -4.71. The number of methoxy groups -OCH3 is 1. The molecule has 0 spiro atoms. The molecule has 0 saturated carbocycles. The molecule has 9 heteroatoms. The van der Waals surface area contributed by atoms with Gasteiger partial charge in [-0.1, -0.05) is 12.1 Å². The Morgan fingerprint density at radius 1 is 1.28 bits per heavy atom. The maximum atomic E-state index is 13.1. The number of carbonyl (C=O) groups is 1. The standard InChI is InChI=1S/C20H17F3N4O2/c1-19(10-17(26-27-19)12-4-7-15(29-2)8-5-12)18(28)25-14-6-3-13(11-24)16(9-14)20(21,22)23/h3-9,17H,10H2,1-2H3,(H,25,28). The lowest BCUT2D eigenvalue weighted by Crippen LogP contribution is -2.37. The predicted molar refractivity (Wildman–Crippen MR) is 98.4 cm³/mol. The van der Waals surface area contributed by atoms with Gasteiger partial charge in [0.05, 0.1) is 30.3 Å². The van der Waals surface area contributed by atoms with Crippen molar-refractivity contribution in [1.82, 2.24) is 0 Å². The van der Waals surface area contributed by atoms with E-state index in [1.165, 1.54) is 12.1 Å². The van der Waals surface area contributed by atoms with Gasteiger partial charge in [-0.2, -0.15) is 28.7 Å². The molecular weight excluding hydrogens is 385 g/mol. The number of azo groups is 1. The first-order chi connectivity index (χ1) is 13.7. The van der Waals surface area contributed by atoms with E-state index in [1.54, 1.807) is 26.2 Å². The fourth-order valence-electron chi connectivity index (χ4n) is 3.02. The number of hydrogen-bond donors (Lipinski definition) is 1. The van der Waals surface area contributed by atoms with Gasteiger partial charge in [-0.25, -0.2) is 0 Å². The molecule has 0 fully saturated rings. The predicted octanol–water partition coefficient (Wildman–Crippen LogP) is 4.88. The van der Waals surface area contributed by atoms with Gasteiger partial charge in [0.15, 0.2) is 5.54 Å². The van der Waals surface area contributed by atoms with Crippen LogP contribution in [0.15, 0.2) is 52.7 Å². The molecule has 0 bridgehead atoms. The van der Waals surface area contributed by atoms with E-state index in [-0.39, 0.29) is 18.2 Å². The van der Waals surface area contributed by atoms with Crippen LogP contribution in [-0.4, -0.2) is 18.6 Å². The summed E-state index contributed by atoms with van der Waals surface area (Å²) in [5.74, 6) is 0.112. The van der Waals surface area contributed by atoms with Gasteiger partial charge in [0.2, 0.25) is 0 Å². The molecule has 150 valence electrons. The van der Waals surface area contributed by atoms with Crippen LogP contribution in [0.25, 0.3) is 0 Å². The smallest absolute Gasteiger partial charge is 0.417 e. The Balaban J connectivity index is 1.76. The van der Waals surface area contributed by atoms with Gasteiger partial charge in [0.1, 0.15) is 5.75 Å². The van der Waals surface area contributed by atoms with Crippen LogP contribution in [0, 0.1) is 11.3 Å². The van der Waals surface area contributed by atoms with Gasteiger partial charge in [-0.15, -0.1) is 0 Å². The van der Waals surface area contributed by atoms with Crippen molar-refractivity contribution in [2.24, 2.45) is 10.2 Å². The van der Waals surface area contributed by atoms with Crippen molar-refractivity contribution in [3.63, 3.8) is 0 Å². The zero-order valence-electron chi connectivity index (χ0n) is 15.6. The number of hydrogen-bond acceptors (Lipinski definition) is 5. The lowest BCUT2D eigenvalue weighted by atomic mass is 9.91. The first-order valence-electron chi connectivity index (χ1n) is 8.65. The summed E-state index contributed by atoms with van der Waals surface area (Å²) in [6.45, 7) is 1.57. The average molecular weight is 402 g/mol. The van der Waals surface area contributed by atoms with E-state index in [2.05, 4.69) is 15.5 Å². The highest BCUT2D eigenvalue weighted by Crippen LogP contribution is 2.39. The highest BCUT2D eigenvalue weighted by molar-refractivity contribution is 5.98. The summed E-state index contributed by atoms with van der Waals surface area (Å²) >= 11 is 0. The molecule has 1 N–H and O–H groups in total. The van der Waals surface area contributed by atoms with Crippen LogP contribution in [0.4, 0.5) is 18.9 Å². The highest BCUT2D eigenvalue weighted by atomic mass is 19.4. The van der Waals surface area contributed by atoms with Crippen LogP contribution in [-0.2, 0) is 11.0 Å². The maximum absolute atomic E-state index is 13.1. The van der Waals surface area contributed by atoms with Crippen LogP contribution in [0.3, 0.4) is 0 Å². The fraction of sp³-hybridized carbons (Fsp3) is 0.300. The minimum Gasteiger partial charge on any atom is -0.497 e. The molecule has 1 heterocycles. The quantitative estimate of drug-likeness (QED) is 0.791. The molecule has 2 aromatic carbocycles. The van der Waals surface area contributed by atoms with Gasteiger partial charge in [0, 0.05) is 12.1 Å². The SMILES string of the molecule is COc1ccc(C2CC(C)(C(=O)Nc3ccc(C#N)c(C(F)(F)F)c3)N=N2)cc1. The summed E-state index contributed by atoms with van der Waals surface area (Å²) in [6.07, 6.45) is -4.43. The van der Waals surface area contributed by atoms with Gasteiger partial charge >= 0.3 is 6.18 Å². The summed E-state index contributed by atoms with van der Waals surface area (Å²) in [5.41, 5.74) is -2.06. The number of alkyl halides is 3. The third-order valence-electron chi connectivity index (χ3n) is 4.70. The van der Waals surface area contributed by atoms with Crippen LogP contribution in [0.1, 0.15) is 36.1 Å². The van der Waals surface area contributed by atoms with Crippen molar-refractivity contribution < 1.29 is 22.7 Å². The molecule has 1 aliphatic heterocycles. The molecule has 1 aliphatic rings. The summed E-state index contributed by atoms with van der Waals surface area (Å²) in [6, 6.07) is 11.4. The number of nitrogens with one attached hydrogen (secondary N) is 1. The van der Waals surface area contributed by atoms with Crippen molar-refractivity contribution in [2.75, 3.05) is 12.4 Å². The summed E-state index contributed by atoms with van der Waals surface area (Å²) < 4.78 is 44.5. The Morgan fingerprint density at radius 3 is 2.55 bits per heavy atom.